The molecule has 0 atom stereocenters. The van der Waals surface area contributed by atoms with Gasteiger partial charge in [-0.2, -0.15) is 29.3 Å². The number of aliphatic imine (C=N–C) groups is 4. The first kappa shape index (κ1) is 76.6. The van der Waals surface area contributed by atoms with Crippen LogP contribution in [0.1, 0.15) is 102 Å². The van der Waals surface area contributed by atoms with Crippen LogP contribution in [-0.2, 0) is 16.6 Å². The van der Waals surface area contributed by atoms with E-state index in [9.17, 15) is 4.79 Å². The van der Waals surface area contributed by atoms with Crippen LogP contribution in [0.3, 0.4) is 0 Å². The molecule has 0 saturated heterocycles. The third-order valence-corrected chi connectivity index (χ3v) is 18.3. The molecule has 0 spiro atoms. The zero-order chi connectivity index (χ0) is 79.4. The third kappa shape index (κ3) is 16.4. The quantitative estimate of drug-likeness (QED) is 0.0412. The normalized spacial score (nSPS) is 14.1. The molecule has 0 fully saturated rings. The van der Waals surface area contributed by atoms with Crippen LogP contribution in [0.4, 0.5) is 45.6 Å². The second kappa shape index (κ2) is 34.3. The maximum Gasteiger partial charge on any atom is 0.267 e. The minimum Gasteiger partial charge on any atom is -0.435 e. The van der Waals surface area contributed by atoms with Crippen LogP contribution in [-0.4, -0.2) is 209 Å². The Morgan fingerprint density at radius 1 is 0.469 bits per heavy atom. The zero-order valence-electron chi connectivity index (χ0n) is 65.2. The van der Waals surface area contributed by atoms with Crippen molar-refractivity contribution in [1.82, 2.24) is 104 Å². The lowest BCUT2D eigenvalue weighted by molar-refractivity contribution is 0.479. The standard InChI is InChI=1S/C21H23N7.C19H23N9.C19H21N9.C19H14N8O2/c1-5-27(6-2)16-10-11-17(14(3)13-16)23-19-15(4)26-28-20(24-25-21(19)28)18-9-7-8-12-22-18;1-6-27(7-2)14-8-9-15(12(3)10-14)21-16-13(4)24-28-18(16)22-17(25-28)19-23-20-11-26(19)5;1-5-27(6-2)16-8-7-14(12(3)22-16)23-17-13(4)26-28-18(24-25-19(17)28)15-11-20-9-10-21-15;1-26(2)14-6-4-13(5-7-14)22-16-18-24-23-17(15-12-20-8-9-21-15)27(18)25-19(16)29-11-3-10-28/h7-13H,5-6H2,1-4H3;8-11H,6-7H2,1-5H3;7-11H,5-6H2,1-4H3;4-9,11-12H,1-2H3. The predicted molar refractivity (Wildman–Crippen MR) is 436 cm³/mol. The first-order chi connectivity index (χ1) is 54.9. The van der Waals surface area contributed by atoms with E-state index in [0.29, 0.717) is 80.9 Å². The van der Waals surface area contributed by atoms with Gasteiger partial charge in [-0.05, 0) is 179 Å². The van der Waals surface area contributed by atoms with Crippen LogP contribution in [0.15, 0.2) is 193 Å². The molecule has 0 bridgehead atoms. The van der Waals surface area contributed by atoms with Crippen LogP contribution >= 0.6 is 0 Å². The van der Waals surface area contributed by atoms with Crippen molar-refractivity contribution in [3.8, 4) is 46.2 Å². The summed E-state index contributed by atoms with van der Waals surface area (Å²) in [5.41, 5.74) is 18.7. The van der Waals surface area contributed by atoms with E-state index in [1.165, 1.54) is 26.8 Å². The Morgan fingerprint density at radius 3 is 1.45 bits per heavy atom. The van der Waals surface area contributed by atoms with E-state index in [1.54, 1.807) is 63.6 Å². The van der Waals surface area contributed by atoms with Gasteiger partial charge in [0, 0.05) is 114 Å². The van der Waals surface area contributed by atoms with Crippen molar-refractivity contribution < 1.29 is 9.53 Å². The van der Waals surface area contributed by atoms with E-state index in [0.717, 1.165) is 125 Å². The van der Waals surface area contributed by atoms with Crippen molar-refractivity contribution in [2.24, 2.45) is 47.4 Å². The molecule has 13 heterocycles. The van der Waals surface area contributed by atoms with Gasteiger partial charge in [0.1, 0.15) is 52.6 Å². The molecule has 12 aromatic rings. The fourth-order valence-corrected chi connectivity index (χ4v) is 12.3. The van der Waals surface area contributed by atoms with Crippen molar-refractivity contribution in [2.75, 3.05) is 73.0 Å². The number of anilines is 4. The minimum atomic E-state index is 0.138. The highest BCUT2D eigenvalue weighted by Gasteiger charge is 2.33. The number of benzene rings is 3. The number of ether oxygens (including phenoxy) is 1. The number of carbonyl (C=O) groups excluding carboxylic acids is 1. The summed E-state index contributed by atoms with van der Waals surface area (Å²) in [7, 11) is 5.77. The molecule has 4 aliphatic heterocycles. The van der Waals surface area contributed by atoms with Crippen molar-refractivity contribution in [3.63, 3.8) is 0 Å². The summed E-state index contributed by atoms with van der Waals surface area (Å²) < 4.78 is 12.0. The molecule has 0 aliphatic carbocycles. The summed E-state index contributed by atoms with van der Waals surface area (Å²) in [6, 6.07) is 30.0. The van der Waals surface area contributed by atoms with Crippen LogP contribution in [0.5, 0.6) is 0 Å². The Balaban J connectivity index is 0.000000132. The third-order valence-electron chi connectivity index (χ3n) is 18.3. The van der Waals surface area contributed by atoms with Gasteiger partial charge in [-0.1, -0.05) is 6.07 Å². The van der Waals surface area contributed by atoms with E-state index >= 15 is 0 Å². The number of pyridine rings is 2. The smallest absolute Gasteiger partial charge is 0.267 e. The largest absolute Gasteiger partial charge is 0.435 e. The van der Waals surface area contributed by atoms with Crippen molar-refractivity contribution >= 4 is 97.5 Å². The molecule has 570 valence electrons. The summed E-state index contributed by atoms with van der Waals surface area (Å²) in [5.74, 6) is 7.42. The number of fused-ring (bicyclic) bond motifs is 4. The molecule has 0 amide bonds. The van der Waals surface area contributed by atoms with E-state index in [4.69, 9.17) is 24.7 Å². The number of hydrogen-bond donors (Lipinski definition) is 0. The summed E-state index contributed by atoms with van der Waals surface area (Å²) in [6.07, 6.45) is 13.9. The highest BCUT2D eigenvalue weighted by Crippen LogP contribution is 2.32. The second-order valence-corrected chi connectivity index (χ2v) is 25.7. The van der Waals surface area contributed by atoms with Gasteiger partial charge in [-0.25, -0.2) is 44.7 Å². The maximum atomic E-state index is 10.4. The Kier molecular flexibility index (Phi) is 23.3. The van der Waals surface area contributed by atoms with Crippen LogP contribution in [0.25, 0.3) is 46.2 Å². The van der Waals surface area contributed by atoms with Gasteiger partial charge < -0.3 is 28.9 Å². The maximum absolute atomic E-state index is 10.4. The highest BCUT2D eigenvalue weighted by atomic mass is 16.5. The average molecular weight is 1510 g/mol. The Morgan fingerprint density at radius 2 is 0.965 bits per heavy atom. The number of aromatic nitrogens is 21. The molecule has 0 unspecified atom stereocenters. The lowest BCUT2D eigenvalue weighted by atomic mass is 10.1. The van der Waals surface area contributed by atoms with Gasteiger partial charge in [0.2, 0.25) is 52.4 Å². The lowest BCUT2D eigenvalue weighted by Crippen LogP contribution is -2.23. The number of aryl methyl sites for hydroxylation is 4. The second-order valence-electron chi connectivity index (χ2n) is 25.7. The number of rotatable bonds is 19. The van der Waals surface area contributed by atoms with Gasteiger partial charge in [0.05, 0.1) is 58.0 Å². The summed E-state index contributed by atoms with van der Waals surface area (Å²) in [4.78, 5) is 70.1. The Labute approximate surface area is 650 Å². The van der Waals surface area contributed by atoms with Crippen molar-refractivity contribution in [1.29, 1.82) is 0 Å². The van der Waals surface area contributed by atoms with E-state index in [-0.39, 0.29) is 5.90 Å². The summed E-state index contributed by atoms with van der Waals surface area (Å²) in [6.45, 7) is 30.5. The predicted octanol–water partition coefficient (Wildman–Crippen LogP) is 10.7. The van der Waals surface area contributed by atoms with E-state index in [2.05, 4.69) is 207 Å². The first-order valence-electron chi connectivity index (χ1n) is 36.5. The molecule has 3 aromatic carbocycles. The zero-order valence-corrected chi connectivity index (χ0v) is 65.2. The molecule has 16 rings (SSSR count). The highest BCUT2D eigenvalue weighted by molar-refractivity contribution is 6.50. The number of hydrogen-bond acceptors (Lipinski definition) is 30. The van der Waals surface area contributed by atoms with Gasteiger partial charge in [-0.3, -0.25) is 15.0 Å². The van der Waals surface area contributed by atoms with E-state index in [1.807, 2.05) is 114 Å². The van der Waals surface area contributed by atoms with Crippen LogP contribution in [0, 0.1) is 20.8 Å². The molecule has 113 heavy (non-hydrogen) atoms. The first-order valence-corrected chi connectivity index (χ1v) is 36.5. The van der Waals surface area contributed by atoms with Gasteiger partial charge in [0.15, 0.2) is 11.7 Å². The Hall–Kier alpha value is -14.6. The summed E-state index contributed by atoms with van der Waals surface area (Å²) >= 11 is 0. The fraction of sp³-hybridized carbons (Fsp3) is 0.269. The van der Waals surface area contributed by atoms with Crippen molar-refractivity contribution in [2.45, 2.75) is 83.1 Å². The lowest BCUT2D eigenvalue weighted by Gasteiger charge is -2.21. The fourth-order valence-electron chi connectivity index (χ4n) is 12.3. The molecular weight excluding hydrogens is 1430 g/mol. The minimum absolute atomic E-state index is 0.138. The van der Waals surface area contributed by atoms with Crippen LogP contribution < -0.4 is 19.6 Å². The van der Waals surface area contributed by atoms with Crippen LogP contribution in [0.2, 0.25) is 0 Å². The molecule has 35 heteroatoms. The molecule has 0 saturated carbocycles. The van der Waals surface area contributed by atoms with Gasteiger partial charge in [0.25, 0.3) is 5.90 Å². The van der Waals surface area contributed by atoms with Gasteiger partial charge >= 0.3 is 0 Å². The van der Waals surface area contributed by atoms with E-state index < -0.39 is 0 Å². The molecular formula is C78H81N33O2. The Bertz CT molecular complexity index is 5640. The van der Waals surface area contributed by atoms with Crippen molar-refractivity contribution in [3.05, 3.63) is 193 Å². The molecule has 4 aliphatic rings. The monoisotopic (exact) mass is 1510 g/mol. The van der Waals surface area contributed by atoms with Gasteiger partial charge in [-0.15, -0.1) is 55.8 Å². The molecule has 0 radical (unpaired) electrons. The topological polar surface area (TPSA) is 369 Å². The SMILES string of the molecule is CCN(CC)c1ccc(N=C2C(C)=Nn3c2nnc3-c2ccccn2)c(C)c1.CCN(CC)c1ccc(N=C2C(C)=Nn3c2nnc3-c2cnccn2)c(C)n1.CCN(CC)c1ccc(N=C2C(C)=Nn3nc(-c4nncn4C)nc32)c(C)c1.CN(C)c1ccc(N=C2C(OC=C=C=O)=Nn3c2nnc3-c2cnccn2)cc1. The molecule has 9 aromatic heterocycles. The summed E-state index contributed by atoms with van der Waals surface area (Å²) in [5, 5.41) is 55.7. The average Bonchev–Trinajstić information content (AvgIpc) is 1.63. The molecule has 0 N–H and O–H groups in total. The molecule has 35 nitrogen and oxygen atoms in total. The number of nitrogens with zero attached hydrogens (tertiary/aromatic N) is 33.